The number of anilines is 3. The van der Waals surface area contributed by atoms with Gasteiger partial charge < -0.3 is 21.5 Å². The molecule has 1 unspecified atom stereocenters. The van der Waals surface area contributed by atoms with Crippen molar-refractivity contribution in [2.75, 3.05) is 23.9 Å². The summed E-state index contributed by atoms with van der Waals surface area (Å²) in [7, 11) is 1.54. The summed E-state index contributed by atoms with van der Waals surface area (Å²) in [6.45, 7) is 1.77. The lowest BCUT2D eigenvalue weighted by atomic mass is 10.2. The molecule has 0 bridgehead atoms. The Bertz CT molecular complexity index is 1480. The molecule has 1 atom stereocenters. The molecule has 2 aromatic heterocycles. The number of fused-ring (bicyclic) bond motifs is 1. The van der Waals surface area contributed by atoms with Gasteiger partial charge in [-0.05, 0) is 31.2 Å². The van der Waals surface area contributed by atoms with Crippen molar-refractivity contribution >= 4 is 40.1 Å². The number of nitrogens with zero attached hydrogens (tertiary/aromatic N) is 5. The molecule has 0 amide bonds. The molecule has 5 N–H and O–H groups in total. The summed E-state index contributed by atoms with van der Waals surface area (Å²) in [5.74, 6) is 0.899. The molecule has 0 aliphatic rings. The Hall–Kier alpha value is -4.36. The van der Waals surface area contributed by atoms with Crippen molar-refractivity contribution in [2.45, 2.75) is 13.0 Å². The molecule has 11 heteroatoms. The molecule has 166 valence electrons. The van der Waals surface area contributed by atoms with E-state index in [0.717, 1.165) is 0 Å². The number of hydrogen-bond acceptors (Lipinski definition) is 9. The van der Waals surface area contributed by atoms with E-state index in [1.54, 1.807) is 49.4 Å². The number of methoxy groups -OCH3 is 1. The zero-order chi connectivity index (χ0) is 23.7. The molecule has 2 heterocycles. The fourth-order valence-corrected chi connectivity index (χ4v) is 3.73. The lowest BCUT2D eigenvalue weighted by Gasteiger charge is -2.21. The Balaban J connectivity index is 1.95. The average molecular weight is 463 g/mol. The van der Waals surface area contributed by atoms with Crippen LogP contribution in [0.4, 0.5) is 17.6 Å². The minimum atomic E-state index is -0.604. The van der Waals surface area contributed by atoms with Gasteiger partial charge in [-0.15, -0.1) is 0 Å². The van der Waals surface area contributed by atoms with E-state index in [4.69, 9.17) is 32.8 Å². The highest BCUT2D eigenvalue weighted by Gasteiger charge is 2.22. The van der Waals surface area contributed by atoms with Crippen LogP contribution in [-0.2, 0) is 0 Å². The predicted molar refractivity (Wildman–Crippen MR) is 127 cm³/mol. The first-order valence-electron chi connectivity index (χ1n) is 9.79. The highest BCUT2D eigenvalue weighted by Crippen LogP contribution is 2.27. The molecule has 0 aliphatic carbocycles. The summed E-state index contributed by atoms with van der Waals surface area (Å²) in [4.78, 5) is 26.2. The van der Waals surface area contributed by atoms with E-state index >= 15 is 0 Å². The van der Waals surface area contributed by atoms with Crippen LogP contribution in [0.2, 0.25) is 5.02 Å². The summed E-state index contributed by atoms with van der Waals surface area (Å²) >= 11 is 6.34. The van der Waals surface area contributed by atoms with Gasteiger partial charge in [0.15, 0.2) is 5.82 Å². The number of nitrogens with two attached hydrogens (primary N) is 2. The largest absolute Gasteiger partial charge is 0.497 e. The molecule has 0 radical (unpaired) electrons. The molecule has 0 aliphatic heterocycles. The molecule has 0 saturated heterocycles. The van der Waals surface area contributed by atoms with Gasteiger partial charge in [-0.3, -0.25) is 9.36 Å². The third kappa shape index (κ3) is 3.97. The maximum Gasteiger partial charge on any atom is 0.267 e. The van der Waals surface area contributed by atoms with Gasteiger partial charge in [0.1, 0.15) is 29.0 Å². The third-order valence-corrected chi connectivity index (χ3v) is 5.31. The Labute approximate surface area is 193 Å². The van der Waals surface area contributed by atoms with Crippen LogP contribution < -0.4 is 27.1 Å². The van der Waals surface area contributed by atoms with Crippen molar-refractivity contribution in [3.8, 4) is 17.5 Å². The fourth-order valence-electron chi connectivity index (χ4n) is 3.48. The first-order chi connectivity index (χ1) is 15.8. The summed E-state index contributed by atoms with van der Waals surface area (Å²) in [6, 6.07) is 13.4. The summed E-state index contributed by atoms with van der Waals surface area (Å²) in [5, 5.41) is 13.1. The summed E-state index contributed by atoms with van der Waals surface area (Å²) in [6.07, 6.45) is 0. The van der Waals surface area contributed by atoms with Crippen molar-refractivity contribution in [2.24, 2.45) is 0 Å². The van der Waals surface area contributed by atoms with E-state index in [2.05, 4.69) is 15.3 Å². The molecule has 33 heavy (non-hydrogen) atoms. The Morgan fingerprint density at radius 2 is 1.94 bits per heavy atom. The number of aromatic nitrogens is 4. The van der Waals surface area contributed by atoms with Crippen LogP contribution in [0.3, 0.4) is 0 Å². The van der Waals surface area contributed by atoms with E-state index in [9.17, 15) is 10.1 Å². The Morgan fingerprint density at radius 3 is 2.67 bits per heavy atom. The van der Waals surface area contributed by atoms with Crippen molar-refractivity contribution in [1.29, 1.82) is 5.26 Å². The standard InChI is InChI=1S/C22H19ClN8O2/c1-11(27-19-14(10-24)18(25)29-22(26)30-19)20-28-16-8-4-7-15(23)17(16)21(32)31(20)12-5-3-6-13(9-12)33-2/h3-9,11H,1-2H3,(H5,25,26,27,29,30). The highest BCUT2D eigenvalue weighted by atomic mass is 35.5. The average Bonchev–Trinajstić information content (AvgIpc) is 2.78. The number of halogens is 1. The zero-order valence-electron chi connectivity index (χ0n) is 17.7. The maximum absolute atomic E-state index is 13.6. The van der Waals surface area contributed by atoms with Gasteiger partial charge in [0.25, 0.3) is 5.56 Å². The van der Waals surface area contributed by atoms with Gasteiger partial charge in [0.2, 0.25) is 5.95 Å². The lowest BCUT2D eigenvalue weighted by molar-refractivity contribution is 0.414. The minimum absolute atomic E-state index is 0.0372. The predicted octanol–water partition coefficient (Wildman–Crippen LogP) is 3.05. The van der Waals surface area contributed by atoms with Crippen LogP contribution >= 0.6 is 11.6 Å². The van der Waals surface area contributed by atoms with E-state index < -0.39 is 6.04 Å². The Morgan fingerprint density at radius 1 is 1.18 bits per heavy atom. The van der Waals surface area contributed by atoms with Gasteiger partial charge in [0, 0.05) is 6.07 Å². The molecular weight excluding hydrogens is 444 g/mol. The second-order valence-corrected chi connectivity index (χ2v) is 7.52. The van der Waals surface area contributed by atoms with Crippen molar-refractivity contribution < 1.29 is 4.74 Å². The number of nitrogen functional groups attached to an aromatic ring is 2. The molecule has 0 spiro atoms. The third-order valence-electron chi connectivity index (χ3n) is 4.99. The number of nitrogens with one attached hydrogen (secondary N) is 1. The van der Waals surface area contributed by atoms with E-state index in [0.29, 0.717) is 22.8 Å². The van der Waals surface area contributed by atoms with Crippen molar-refractivity contribution in [3.05, 3.63) is 69.2 Å². The van der Waals surface area contributed by atoms with Crippen LogP contribution in [0.1, 0.15) is 24.4 Å². The molecular formula is C22H19ClN8O2. The maximum atomic E-state index is 13.6. The normalized spacial score (nSPS) is 11.7. The Kier molecular flexibility index (Phi) is 5.72. The van der Waals surface area contributed by atoms with Crippen LogP contribution in [0.25, 0.3) is 16.6 Å². The van der Waals surface area contributed by atoms with E-state index in [-0.39, 0.29) is 39.1 Å². The fraction of sp³-hybridized carbons (Fsp3) is 0.136. The number of benzene rings is 2. The quantitative estimate of drug-likeness (QED) is 0.405. The van der Waals surface area contributed by atoms with Gasteiger partial charge in [0.05, 0.1) is 34.8 Å². The summed E-state index contributed by atoms with van der Waals surface area (Å²) < 4.78 is 6.76. The monoisotopic (exact) mass is 462 g/mol. The van der Waals surface area contributed by atoms with E-state index in [1.165, 1.54) is 11.7 Å². The minimum Gasteiger partial charge on any atom is -0.497 e. The van der Waals surface area contributed by atoms with Crippen LogP contribution in [0.5, 0.6) is 5.75 Å². The topological polar surface area (TPSA) is 158 Å². The van der Waals surface area contributed by atoms with Gasteiger partial charge in [-0.2, -0.15) is 15.2 Å². The van der Waals surface area contributed by atoms with Gasteiger partial charge in [-0.1, -0.05) is 23.7 Å². The van der Waals surface area contributed by atoms with E-state index in [1.807, 2.05) is 6.07 Å². The van der Waals surface area contributed by atoms with Crippen molar-refractivity contribution in [3.63, 3.8) is 0 Å². The smallest absolute Gasteiger partial charge is 0.267 e. The first kappa shape index (κ1) is 21.9. The molecule has 10 nitrogen and oxygen atoms in total. The second kappa shape index (κ2) is 8.64. The van der Waals surface area contributed by atoms with Crippen molar-refractivity contribution in [1.82, 2.24) is 19.5 Å². The second-order valence-electron chi connectivity index (χ2n) is 7.11. The number of rotatable bonds is 5. The molecule has 0 saturated carbocycles. The van der Waals surface area contributed by atoms with Gasteiger partial charge >= 0.3 is 0 Å². The SMILES string of the molecule is COc1cccc(-n2c(C(C)Nc3nc(N)nc(N)c3C#N)nc3cccc(Cl)c3c2=O)c1. The first-order valence-corrected chi connectivity index (χ1v) is 10.2. The van der Waals surface area contributed by atoms with Crippen LogP contribution in [-0.4, -0.2) is 26.6 Å². The highest BCUT2D eigenvalue weighted by molar-refractivity contribution is 6.35. The number of hydrogen-bond donors (Lipinski definition) is 3. The molecule has 2 aromatic carbocycles. The molecule has 4 aromatic rings. The van der Waals surface area contributed by atoms with Crippen LogP contribution in [0, 0.1) is 11.3 Å². The lowest BCUT2D eigenvalue weighted by Crippen LogP contribution is -2.28. The number of nitriles is 1. The molecule has 0 fully saturated rings. The molecule has 4 rings (SSSR count). The summed E-state index contributed by atoms with van der Waals surface area (Å²) in [5.41, 5.74) is 12.2. The zero-order valence-corrected chi connectivity index (χ0v) is 18.5. The van der Waals surface area contributed by atoms with Gasteiger partial charge in [-0.25, -0.2) is 4.98 Å². The van der Waals surface area contributed by atoms with Crippen LogP contribution in [0.15, 0.2) is 47.3 Å². The number of ether oxygens (including phenoxy) is 1.